The van der Waals surface area contributed by atoms with Gasteiger partial charge in [-0.2, -0.15) is 0 Å². The number of hydrogen-bond acceptors (Lipinski definition) is 3. The lowest BCUT2D eigenvalue weighted by atomic mass is 10.0. The molecule has 124 valence electrons. The summed E-state index contributed by atoms with van der Waals surface area (Å²) < 4.78 is 0. The highest BCUT2D eigenvalue weighted by atomic mass is 35.5. The van der Waals surface area contributed by atoms with Gasteiger partial charge in [-0.05, 0) is 56.0 Å². The Hall–Kier alpha value is -1.10. The van der Waals surface area contributed by atoms with Crippen LogP contribution in [-0.4, -0.2) is 36.5 Å². The molecule has 1 aliphatic heterocycles. The first kappa shape index (κ1) is 18.9. The van der Waals surface area contributed by atoms with Gasteiger partial charge >= 0.3 is 0 Å². The first-order chi connectivity index (χ1) is 10.1. The lowest BCUT2D eigenvalue weighted by Gasteiger charge is -2.17. The second-order valence-electron chi connectivity index (χ2n) is 6.26. The van der Waals surface area contributed by atoms with Crippen molar-refractivity contribution in [3.8, 4) is 0 Å². The van der Waals surface area contributed by atoms with Crippen molar-refractivity contribution < 1.29 is 4.79 Å². The van der Waals surface area contributed by atoms with E-state index in [2.05, 4.69) is 22.3 Å². The number of halogens is 1. The highest BCUT2D eigenvalue weighted by Gasteiger charge is 2.17. The highest BCUT2D eigenvalue weighted by Crippen LogP contribution is 2.14. The molecule has 1 fully saturated rings. The van der Waals surface area contributed by atoms with Crippen LogP contribution in [0.4, 0.5) is 5.69 Å². The number of nitrogens with two attached hydrogens (primary N) is 1. The molecule has 0 spiro atoms. The number of likely N-dealkylation sites (tertiary alicyclic amines) is 1. The minimum Gasteiger partial charge on any atom is -0.325 e. The van der Waals surface area contributed by atoms with Crippen LogP contribution in [0.5, 0.6) is 0 Å². The average molecular weight is 326 g/mol. The van der Waals surface area contributed by atoms with Gasteiger partial charge in [-0.1, -0.05) is 26.0 Å². The van der Waals surface area contributed by atoms with Crippen molar-refractivity contribution in [2.45, 2.75) is 39.2 Å². The number of anilines is 1. The van der Waals surface area contributed by atoms with Crippen molar-refractivity contribution in [3.05, 3.63) is 29.8 Å². The monoisotopic (exact) mass is 325 g/mol. The standard InChI is InChI=1S/C17H27N3O.ClH/c1-13(2)16(18)17(21)19-15-7-5-6-14(12-15)8-11-20-9-3-4-10-20;/h5-7,12-13,16H,3-4,8-11,18H2,1-2H3,(H,19,21);1H/t16-;/m0./s1. The van der Waals surface area contributed by atoms with Gasteiger partial charge in [0.15, 0.2) is 0 Å². The zero-order valence-electron chi connectivity index (χ0n) is 13.5. The molecule has 1 aromatic carbocycles. The van der Waals surface area contributed by atoms with Gasteiger partial charge in [-0.3, -0.25) is 4.79 Å². The van der Waals surface area contributed by atoms with E-state index < -0.39 is 6.04 Å². The summed E-state index contributed by atoms with van der Waals surface area (Å²) in [6, 6.07) is 7.63. The zero-order chi connectivity index (χ0) is 15.2. The summed E-state index contributed by atoms with van der Waals surface area (Å²) in [5, 5.41) is 2.91. The Balaban J connectivity index is 0.00000242. The van der Waals surface area contributed by atoms with E-state index >= 15 is 0 Å². The first-order valence-corrected chi connectivity index (χ1v) is 7.94. The van der Waals surface area contributed by atoms with Gasteiger partial charge in [-0.15, -0.1) is 12.4 Å². The second-order valence-corrected chi connectivity index (χ2v) is 6.26. The number of carbonyl (C=O) groups excluding carboxylic acids is 1. The maximum absolute atomic E-state index is 12.0. The van der Waals surface area contributed by atoms with E-state index in [-0.39, 0.29) is 24.2 Å². The molecule has 0 unspecified atom stereocenters. The van der Waals surface area contributed by atoms with Crippen LogP contribution in [0, 0.1) is 5.92 Å². The van der Waals surface area contributed by atoms with E-state index in [1.165, 1.54) is 31.5 Å². The quantitative estimate of drug-likeness (QED) is 0.845. The molecule has 3 N–H and O–H groups in total. The summed E-state index contributed by atoms with van der Waals surface area (Å²) in [7, 11) is 0. The van der Waals surface area contributed by atoms with Crippen molar-refractivity contribution in [3.63, 3.8) is 0 Å². The minimum absolute atomic E-state index is 0. The predicted octanol–water partition coefficient (Wildman–Crippen LogP) is 2.67. The Bertz CT molecular complexity index is 473. The molecule has 0 saturated carbocycles. The van der Waals surface area contributed by atoms with E-state index in [0.29, 0.717) is 0 Å². The molecule has 1 saturated heterocycles. The molecule has 1 atom stereocenters. The summed E-state index contributed by atoms with van der Waals surface area (Å²) in [5.74, 6) is 0.0324. The Kier molecular flexibility index (Phi) is 7.87. The number of nitrogens with zero attached hydrogens (tertiary/aromatic N) is 1. The van der Waals surface area contributed by atoms with Crippen molar-refractivity contribution in [2.24, 2.45) is 11.7 Å². The highest BCUT2D eigenvalue weighted by molar-refractivity contribution is 5.94. The normalized spacial score (nSPS) is 16.4. The van der Waals surface area contributed by atoms with Crippen LogP contribution in [0.1, 0.15) is 32.3 Å². The van der Waals surface area contributed by atoms with Gasteiger partial charge < -0.3 is 16.0 Å². The molecule has 4 nitrogen and oxygen atoms in total. The van der Waals surface area contributed by atoms with Crippen LogP contribution in [0.25, 0.3) is 0 Å². The molecular weight excluding hydrogens is 298 g/mol. The number of benzene rings is 1. The molecule has 0 bridgehead atoms. The maximum atomic E-state index is 12.0. The van der Waals surface area contributed by atoms with Crippen LogP contribution >= 0.6 is 12.4 Å². The molecule has 5 heteroatoms. The minimum atomic E-state index is -0.460. The Morgan fingerprint density at radius 1 is 1.32 bits per heavy atom. The molecule has 0 aliphatic carbocycles. The lowest BCUT2D eigenvalue weighted by molar-refractivity contribution is -0.118. The molecule has 1 heterocycles. The number of nitrogens with one attached hydrogen (secondary N) is 1. The fourth-order valence-corrected chi connectivity index (χ4v) is 2.63. The smallest absolute Gasteiger partial charge is 0.241 e. The van der Waals surface area contributed by atoms with Crippen LogP contribution in [-0.2, 0) is 11.2 Å². The van der Waals surface area contributed by atoms with Crippen molar-refractivity contribution in [1.82, 2.24) is 4.90 Å². The second kappa shape index (κ2) is 9.13. The van der Waals surface area contributed by atoms with Crippen LogP contribution in [0.2, 0.25) is 0 Å². The maximum Gasteiger partial charge on any atom is 0.241 e. The SMILES string of the molecule is CC(C)[C@H](N)C(=O)Nc1cccc(CCN2CCCC2)c1.Cl. The Morgan fingerprint density at radius 2 is 2.00 bits per heavy atom. The van der Waals surface area contributed by atoms with Gasteiger partial charge in [0.25, 0.3) is 0 Å². The van der Waals surface area contributed by atoms with Crippen molar-refractivity contribution in [1.29, 1.82) is 0 Å². The van der Waals surface area contributed by atoms with Crippen molar-refractivity contribution in [2.75, 3.05) is 25.0 Å². The van der Waals surface area contributed by atoms with E-state index in [1.807, 2.05) is 26.0 Å². The largest absolute Gasteiger partial charge is 0.325 e. The summed E-state index contributed by atoms with van der Waals surface area (Å²) in [6.07, 6.45) is 3.67. The van der Waals surface area contributed by atoms with Gasteiger partial charge in [-0.25, -0.2) is 0 Å². The molecule has 0 radical (unpaired) electrons. The molecule has 1 aliphatic rings. The fraction of sp³-hybridized carbons (Fsp3) is 0.588. The van der Waals surface area contributed by atoms with E-state index in [9.17, 15) is 4.79 Å². The first-order valence-electron chi connectivity index (χ1n) is 7.94. The zero-order valence-corrected chi connectivity index (χ0v) is 14.4. The van der Waals surface area contributed by atoms with Gasteiger partial charge in [0, 0.05) is 12.2 Å². The van der Waals surface area contributed by atoms with Crippen LogP contribution < -0.4 is 11.1 Å². The topological polar surface area (TPSA) is 58.4 Å². The third kappa shape index (κ3) is 5.59. The Labute approximate surface area is 139 Å². The molecule has 2 rings (SSSR count). The summed E-state index contributed by atoms with van der Waals surface area (Å²) in [6.45, 7) is 7.45. The summed E-state index contributed by atoms with van der Waals surface area (Å²) >= 11 is 0. The van der Waals surface area contributed by atoms with Crippen LogP contribution in [0.3, 0.4) is 0 Å². The molecule has 1 amide bonds. The van der Waals surface area contributed by atoms with Crippen molar-refractivity contribution >= 4 is 24.0 Å². The fourth-order valence-electron chi connectivity index (χ4n) is 2.63. The predicted molar refractivity (Wildman–Crippen MR) is 94.5 cm³/mol. The van der Waals surface area contributed by atoms with Gasteiger partial charge in [0.2, 0.25) is 5.91 Å². The number of amides is 1. The van der Waals surface area contributed by atoms with Crippen LogP contribution in [0.15, 0.2) is 24.3 Å². The lowest BCUT2D eigenvalue weighted by Crippen LogP contribution is -2.39. The van der Waals surface area contributed by atoms with Gasteiger partial charge in [0.1, 0.15) is 0 Å². The van der Waals surface area contributed by atoms with E-state index in [4.69, 9.17) is 5.73 Å². The third-order valence-electron chi connectivity index (χ3n) is 4.13. The summed E-state index contributed by atoms with van der Waals surface area (Å²) in [4.78, 5) is 14.5. The molecule has 22 heavy (non-hydrogen) atoms. The number of rotatable bonds is 6. The number of hydrogen-bond donors (Lipinski definition) is 2. The summed E-state index contributed by atoms with van der Waals surface area (Å²) in [5.41, 5.74) is 7.97. The van der Waals surface area contributed by atoms with E-state index in [1.54, 1.807) is 0 Å². The third-order valence-corrected chi connectivity index (χ3v) is 4.13. The van der Waals surface area contributed by atoms with Gasteiger partial charge in [0.05, 0.1) is 6.04 Å². The molecule has 1 aromatic rings. The molecule has 0 aromatic heterocycles. The number of carbonyl (C=O) groups is 1. The molecular formula is C17H28ClN3O. The average Bonchev–Trinajstić information content (AvgIpc) is 2.98. The van der Waals surface area contributed by atoms with E-state index in [0.717, 1.165) is 18.7 Å². The Morgan fingerprint density at radius 3 is 2.64 bits per heavy atom.